The zero-order valence-electron chi connectivity index (χ0n) is 16.9. The number of hydrogen-bond acceptors (Lipinski definition) is 3. The minimum Gasteiger partial charge on any atom is -0.294 e. The van der Waals surface area contributed by atoms with Crippen LogP contribution in [0.4, 0.5) is 17.6 Å². The minimum atomic E-state index is -4.89. The number of fused-ring (bicyclic) bond motifs is 1. The quantitative estimate of drug-likeness (QED) is 0.397. The van der Waals surface area contributed by atoms with Crippen molar-refractivity contribution in [3.8, 4) is 6.07 Å². The fourth-order valence-corrected chi connectivity index (χ4v) is 3.65. The van der Waals surface area contributed by atoms with Crippen molar-refractivity contribution in [2.75, 3.05) is 0 Å². The molecule has 5 nitrogen and oxygen atoms in total. The maximum absolute atomic E-state index is 13.7. The van der Waals surface area contributed by atoms with Crippen LogP contribution in [0.25, 0.3) is 11.0 Å². The Labute approximate surface area is 178 Å². The van der Waals surface area contributed by atoms with E-state index in [4.69, 9.17) is 15.7 Å². The lowest BCUT2D eigenvalue weighted by Crippen LogP contribution is -2.28. The van der Waals surface area contributed by atoms with Gasteiger partial charge in [0, 0.05) is 21.1 Å². The third-order valence-corrected chi connectivity index (χ3v) is 4.97. The smallest absolute Gasteiger partial charge is 0.294 e. The predicted octanol–water partition coefficient (Wildman–Crippen LogP) is 4.56. The van der Waals surface area contributed by atoms with Gasteiger partial charge in [0.2, 0.25) is 0 Å². The third kappa shape index (κ3) is 3.68. The zero-order valence-corrected chi connectivity index (χ0v) is 16.3. The maximum Gasteiger partial charge on any atom is 0.406 e. The lowest BCUT2D eigenvalue weighted by Gasteiger charge is -2.11. The van der Waals surface area contributed by atoms with Crippen LogP contribution in [-0.4, -0.2) is 21.1 Å². The first-order valence-electron chi connectivity index (χ1n) is 9.12. The summed E-state index contributed by atoms with van der Waals surface area (Å²) in [5.41, 5.74) is -4.33. The molecular weight excluding hydrogens is 482 g/mol. The van der Waals surface area contributed by atoms with E-state index in [1.165, 1.54) is 0 Å². The molecule has 1 aromatic heterocycles. The number of carbonyl (C=O) groups excluding carboxylic acids is 1. The van der Waals surface area contributed by atoms with Crippen molar-refractivity contribution in [2.45, 2.75) is 12.7 Å². The van der Waals surface area contributed by atoms with Crippen molar-refractivity contribution in [1.29, 1.82) is 5.26 Å². The molecule has 0 unspecified atom stereocenters. The minimum absolute atomic E-state index is 0.0447. The highest BCUT2D eigenvalue weighted by molar-refractivity contribution is 9.10. The summed E-state index contributed by atoms with van der Waals surface area (Å²) in [6.07, 6.45) is -4.89. The number of aromatic nitrogens is 2. The van der Waals surface area contributed by atoms with E-state index in [2.05, 4.69) is 15.9 Å². The van der Waals surface area contributed by atoms with E-state index in [0.29, 0.717) is 0 Å². The molecular formula is C18H9BrClF4N3O2. The number of ketones is 1. The number of nitrogens with zero attached hydrogens (tertiary/aromatic N) is 3. The Morgan fingerprint density at radius 2 is 2.07 bits per heavy atom. The molecule has 0 fully saturated rings. The average molecular weight is 494 g/mol. The molecule has 0 spiro atoms. The largest absolute Gasteiger partial charge is 0.406 e. The molecule has 1 heterocycles. The second-order valence-electron chi connectivity index (χ2n) is 5.86. The van der Waals surface area contributed by atoms with Crippen LogP contribution in [0.2, 0.25) is 5.02 Å². The second-order valence-corrected chi connectivity index (χ2v) is 7.12. The normalized spacial score (nSPS) is 13.6. The van der Waals surface area contributed by atoms with Gasteiger partial charge in [-0.2, -0.15) is 18.4 Å². The van der Waals surface area contributed by atoms with Gasteiger partial charge < -0.3 is 0 Å². The van der Waals surface area contributed by atoms with Crippen LogP contribution in [0, 0.1) is 17.1 Å². The lowest BCUT2D eigenvalue weighted by molar-refractivity contribution is -0.140. The number of nitriles is 1. The highest BCUT2D eigenvalue weighted by atomic mass is 79.9. The summed E-state index contributed by atoms with van der Waals surface area (Å²) in [6.45, 7) is -5.10. The van der Waals surface area contributed by atoms with Crippen molar-refractivity contribution in [3.63, 3.8) is 0 Å². The highest BCUT2D eigenvalue weighted by Gasteiger charge is 2.32. The lowest BCUT2D eigenvalue weighted by atomic mass is 9.97. The van der Waals surface area contributed by atoms with Crippen molar-refractivity contribution in [2.24, 2.45) is 6.98 Å². The molecule has 2 aromatic carbocycles. The van der Waals surface area contributed by atoms with E-state index in [1.807, 2.05) is 0 Å². The zero-order chi connectivity index (χ0) is 24.2. The van der Waals surface area contributed by atoms with Gasteiger partial charge in [0.15, 0.2) is 5.78 Å². The summed E-state index contributed by atoms with van der Waals surface area (Å²) in [5.74, 6) is -1.84. The second kappa shape index (κ2) is 7.31. The van der Waals surface area contributed by atoms with E-state index in [0.717, 1.165) is 24.3 Å². The van der Waals surface area contributed by atoms with E-state index < -0.39 is 59.1 Å². The Morgan fingerprint density at radius 3 is 2.66 bits per heavy atom. The molecule has 0 aliphatic carbocycles. The molecule has 0 saturated heterocycles. The summed E-state index contributed by atoms with van der Waals surface area (Å²) in [4.78, 5) is 25.7. The van der Waals surface area contributed by atoms with Crippen LogP contribution in [0.5, 0.6) is 0 Å². The number of alkyl halides is 3. The fourth-order valence-electron chi connectivity index (χ4n) is 2.85. The standard InChI is InChI=1S/C18H9BrClF4N3O2/c1-26-15-10(6-25)14(16(28)9-4-8(21)2-3-12(9)20)11(19)5-13(15)27(17(26)29)7-18(22,23)24/h2-5H,7H2,1H3/i1D3. The monoisotopic (exact) mass is 492 g/mol. The van der Waals surface area contributed by atoms with E-state index >= 15 is 0 Å². The number of hydrogen-bond donors (Lipinski definition) is 0. The average Bonchev–Trinajstić information content (AvgIpc) is 2.92. The molecule has 3 rings (SSSR count). The van der Waals surface area contributed by atoms with E-state index in [-0.39, 0.29) is 24.2 Å². The Hall–Kier alpha value is -2.64. The topological polar surface area (TPSA) is 67.8 Å². The first-order chi connectivity index (χ1) is 14.7. The number of halogens is 6. The summed E-state index contributed by atoms with van der Waals surface area (Å²) in [5, 5.41) is 9.54. The third-order valence-electron chi connectivity index (χ3n) is 4.02. The van der Waals surface area contributed by atoms with Crippen molar-refractivity contribution in [1.82, 2.24) is 9.13 Å². The molecule has 150 valence electrons. The van der Waals surface area contributed by atoms with Gasteiger partial charge in [-0.15, -0.1) is 0 Å². The van der Waals surface area contributed by atoms with Crippen LogP contribution >= 0.6 is 27.5 Å². The van der Waals surface area contributed by atoms with Gasteiger partial charge in [-0.05, 0) is 40.2 Å². The fraction of sp³-hybridized carbons (Fsp3) is 0.167. The number of rotatable bonds is 3. The van der Waals surface area contributed by atoms with Gasteiger partial charge in [-0.25, -0.2) is 9.18 Å². The maximum atomic E-state index is 13.7. The van der Waals surface area contributed by atoms with Gasteiger partial charge in [-0.1, -0.05) is 11.6 Å². The van der Waals surface area contributed by atoms with Crippen LogP contribution in [0.3, 0.4) is 0 Å². The Bertz CT molecular complexity index is 1370. The number of imidazole rings is 1. The van der Waals surface area contributed by atoms with Crippen LogP contribution in [0.1, 0.15) is 25.6 Å². The molecule has 0 aliphatic rings. The first kappa shape index (κ1) is 17.2. The van der Waals surface area contributed by atoms with Crippen LogP contribution < -0.4 is 5.69 Å². The number of benzene rings is 2. The molecule has 0 N–H and O–H groups in total. The molecule has 0 bridgehead atoms. The van der Waals surface area contributed by atoms with Gasteiger partial charge in [-0.3, -0.25) is 13.9 Å². The highest BCUT2D eigenvalue weighted by Crippen LogP contribution is 2.33. The summed E-state index contributed by atoms with van der Waals surface area (Å²) >= 11 is 8.95. The van der Waals surface area contributed by atoms with Crippen molar-refractivity contribution < 1.29 is 26.5 Å². The van der Waals surface area contributed by atoms with Crippen LogP contribution in [0.15, 0.2) is 33.5 Å². The Morgan fingerprint density at radius 1 is 1.38 bits per heavy atom. The summed E-state index contributed by atoms with van der Waals surface area (Å²) < 4.78 is 75.6. The molecule has 0 saturated carbocycles. The van der Waals surface area contributed by atoms with Crippen molar-refractivity contribution >= 4 is 44.3 Å². The number of carbonyl (C=O) groups is 1. The predicted molar refractivity (Wildman–Crippen MR) is 100 cm³/mol. The molecule has 29 heavy (non-hydrogen) atoms. The van der Waals surface area contributed by atoms with Gasteiger partial charge >= 0.3 is 11.9 Å². The summed E-state index contributed by atoms with van der Waals surface area (Å²) in [6, 6.07) is 5.36. The first-order valence-corrected chi connectivity index (χ1v) is 8.79. The molecule has 11 heteroatoms. The Kier molecular flexibility index (Phi) is 4.35. The molecule has 0 atom stereocenters. The van der Waals surface area contributed by atoms with E-state index in [9.17, 15) is 32.4 Å². The molecule has 0 aliphatic heterocycles. The van der Waals surface area contributed by atoms with Crippen LogP contribution in [-0.2, 0) is 13.5 Å². The molecule has 3 aromatic rings. The van der Waals surface area contributed by atoms with Gasteiger partial charge in [0.25, 0.3) is 0 Å². The van der Waals surface area contributed by atoms with E-state index in [1.54, 1.807) is 6.07 Å². The Balaban J connectivity index is 2.48. The number of aryl methyl sites for hydroxylation is 1. The summed E-state index contributed by atoms with van der Waals surface area (Å²) in [7, 11) is 0. The van der Waals surface area contributed by atoms with Gasteiger partial charge in [0.1, 0.15) is 18.4 Å². The SMILES string of the molecule is [2H]C([2H])([2H])n1c(=O)n(CC(F)(F)F)c2cc(Br)c(C(=O)c3cc(F)ccc3Cl)c(C#N)c21. The van der Waals surface area contributed by atoms with Crippen molar-refractivity contribution in [3.05, 3.63) is 66.8 Å². The molecule has 0 amide bonds. The van der Waals surface area contributed by atoms with Gasteiger partial charge in [0.05, 0.1) is 27.2 Å². The molecule has 0 radical (unpaired) electrons.